The van der Waals surface area contributed by atoms with Crippen molar-refractivity contribution in [3.8, 4) is 5.75 Å². The van der Waals surface area contributed by atoms with Crippen LogP contribution >= 0.6 is 0 Å². The number of Topliss-reactive ketones (excluding diaryl/α,β-unsaturated/α-hetero) is 1. The lowest BCUT2D eigenvalue weighted by atomic mass is 9.68. The molecule has 0 saturated carbocycles. The number of methoxy groups -OCH3 is 1. The van der Waals surface area contributed by atoms with Crippen LogP contribution in [0.1, 0.15) is 71.3 Å². The predicted octanol–water partition coefficient (Wildman–Crippen LogP) is 5.03. The fraction of sp³-hybridized carbons (Fsp3) is 0.520. The Hall–Kier alpha value is -2.56. The topological polar surface area (TPSA) is 64.6 Å². The third kappa shape index (κ3) is 4.61. The minimum absolute atomic E-state index is 0.0957. The van der Waals surface area contributed by atoms with Gasteiger partial charge in [-0.25, -0.2) is 4.79 Å². The van der Waals surface area contributed by atoms with Crippen LogP contribution in [0.15, 0.2) is 46.8 Å². The van der Waals surface area contributed by atoms with Crippen LogP contribution < -0.4 is 10.1 Å². The molecule has 1 heterocycles. The smallest absolute Gasteiger partial charge is 0.336 e. The second-order valence-corrected chi connectivity index (χ2v) is 9.05. The number of hydrogen-bond acceptors (Lipinski definition) is 5. The molecule has 3 rings (SSSR count). The van der Waals surface area contributed by atoms with Crippen LogP contribution in [0.4, 0.5) is 0 Å². The molecule has 0 fully saturated rings. The first-order chi connectivity index (χ1) is 14.3. The van der Waals surface area contributed by atoms with Crippen LogP contribution in [-0.2, 0) is 14.3 Å². The molecule has 162 valence electrons. The molecule has 5 nitrogen and oxygen atoms in total. The van der Waals surface area contributed by atoms with Gasteiger partial charge in [0.05, 0.1) is 19.3 Å². The van der Waals surface area contributed by atoms with Crippen molar-refractivity contribution >= 4 is 11.8 Å². The third-order valence-corrected chi connectivity index (χ3v) is 5.89. The van der Waals surface area contributed by atoms with E-state index in [-0.39, 0.29) is 17.2 Å². The van der Waals surface area contributed by atoms with Crippen LogP contribution in [0.25, 0.3) is 0 Å². The number of benzene rings is 1. The Morgan fingerprint density at radius 3 is 2.50 bits per heavy atom. The lowest BCUT2D eigenvalue weighted by molar-refractivity contribution is -0.139. The molecule has 0 amide bonds. The van der Waals surface area contributed by atoms with Crippen molar-refractivity contribution in [2.75, 3.05) is 13.7 Å². The molecule has 1 aromatic carbocycles. The van der Waals surface area contributed by atoms with E-state index in [2.05, 4.69) is 26.1 Å². The van der Waals surface area contributed by atoms with Gasteiger partial charge in [0.1, 0.15) is 5.75 Å². The standard InChI is InChI=1S/C25H33NO4/c1-6-7-8-13-30-24(28)21-16(2)26-19-14-25(3,4)15-20(27)23(19)22(21)17-9-11-18(29-5)12-10-17/h9-12,22,26H,6-8,13-15H2,1-5H3/t22-/m1/s1. The molecule has 1 atom stereocenters. The summed E-state index contributed by atoms with van der Waals surface area (Å²) in [7, 11) is 1.62. The number of allylic oxidation sites excluding steroid dienone is 3. The maximum absolute atomic E-state index is 13.2. The Morgan fingerprint density at radius 1 is 1.17 bits per heavy atom. The first-order valence-corrected chi connectivity index (χ1v) is 10.8. The summed E-state index contributed by atoms with van der Waals surface area (Å²) in [6.45, 7) is 8.62. The first kappa shape index (κ1) is 22.1. The number of unbranched alkanes of at least 4 members (excludes halogenated alkanes) is 2. The highest BCUT2D eigenvalue weighted by Gasteiger charge is 2.43. The molecule has 1 aliphatic heterocycles. The van der Waals surface area contributed by atoms with E-state index in [0.717, 1.165) is 48.4 Å². The van der Waals surface area contributed by atoms with Gasteiger partial charge in [0.15, 0.2) is 5.78 Å². The summed E-state index contributed by atoms with van der Waals surface area (Å²) in [5.74, 6) is 0.0660. The minimum Gasteiger partial charge on any atom is -0.497 e. The maximum atomic E-state index is 13.2. The number of carbonyl (C=O) groups excluding carboxylic acids is 2. The van der Waals surface area contributed by atoms with Gasteiger partial charge in [-0.2, -0.15) is 0 Å². The van der Waals surface area contributed by atoms with Crippen molar-refractivity contribution in [3.05, 3.63) is 52.4 Å². The van der Waals surface area contributed by atoms with E-state index in [4.69, 9.17) is 9.47 Å². The molecule has 2 aliphatic rings. The zero-order valence-electron chi connectivity index (χ0n) is 18.8. The van der Waals surface area contributed by atoms with Gasteiger partial charge in [-0.1, -0.05) is 45.7 Å². The number of nitrogens with one attached hydrogen (secondary N) is 1. The van der Waals surface area contributed by atoms with Gasteiger partial charge in [0.25, 0.3) is 0 Å². The molecule has 0 spiro atoms. The number of hydrogen-bond donors (Lipinski definition) is 1. The molecule has 0 unspecified atom stereocenters. The number of dihydropyridines is 1. The monoisotopic (exact) mass is 411 g/mol. The molecular weight excluding hydrogens is 378 g/mol. The summed E-state index contributed by atoms with van der Waals surface area (Å²) in [5, 5.41) is 3.37. The van der Waals surface area contributed by atoms with E-state index in [9.17, 15) is 9.59 Å². The summed E-state index contributed by atoms with van der Waals surface area (Å²) in [6, 6.07) is 7.61. The summed E-state index contributed by atoms with van der Waals surface area (Å²) in [6.07, 6.45) is 4.18. The maximum Gasteiger partial charge on any atom is 0.336 e. The predicted molar refractivity (Wildman–Crippen MR) is 117 cm³/mol. The lowest BCUT2D eigenvalue weighted by Gasteiger charge is -2.39. The van der Waals surface area contributed by atoms with Crippen molar-refractivity contribution in [1.82, 2.24) is 5.32 Å². The molecule has 30 heavy (non-hydrogen) atoms. The van der Waals surface area contributed by atoms with Gasteiger partial charge in [-0.05, 0) is 42.9 Å². The molecule has 1 aliphatic carbocycles. The van der Waals surface area contributed by atoms with Crippen molar-refractivity contribution in [1.29, 1.82) is 0 Å². The van der Waals surface area contributed by atoms with Crippen LogP contribution in [0.2, 0.25) is 0 Å². The molecule has 0 bridgehead atoms. The largest absolute Gasteiger partial charge is 0.497 e. The van der Waals surface area contributed by atoms with Crippen LogP contribution in [0.5, 0.6) is 5.75 Å². The molecule has 0 saturated heterocycles. The normalized spacial score (nSPS) is 20.6. The van der Waals surface area contributed by atoms with E-state index in [1.165, 1.54) is 0 Å². The van der Waals surface area contributed by atoms with Gasteiger partial charge in [0, 0.05) is 29.3 Å². The highest BCUT2D eigenvalue weighted by Crippen LogP contribution is 2.46. The zero-order chi connectivity index (χ0) is 21.9. The number of ether oxygens (including phenoxy) is 2. The first-order valence-electron chi connectivity index (χ1n) is 10.8. The van der Waals surface area contributed by atoms with Crippen LogP contribution in [-0.4, -0.2) is 25.5 Å². The number of rotatable bonds is 7. The van der Waals surface area contributed by atoms with Gasteiger partial charge in [-0.15, -0.1) is 0 Å². The minimum atomic E-state index is -0.422. The second kappa shape index (κ2) is 9.07. The fourth-order valence-corrected chi connectivity index (χ4v) is 4.43. The van der Waals surface area contributed by atoms with Crippen LogP contribution in [0.3, 0.4) is 0 Å². The molecule has 5 heteroatoms. The van der Waals surface area contributed by atoms with Crippen molar-refractivity contribution in [2.24, 2.45) is 5.41 Å². The SMILES string of the molecule is CCCCCOC(=O)C1=C(C)NC2=C(C(=O)CC(C)(C)C2)[C@@H]1c1ccc(OC)cc1. The molecular formula is C25H33NO4. The van der Waals surface area contributed by atoms with E-state index in [1.54, 1.807) is 7.11 Å². The van der Waals surface area contributed by atoms with Crippen molar-refractivity contribution in [2.45, 2.75) is 65.7 Å². The van der Waals surface area contributed by atoms with Crippen LogP contribution in [0, 0.1) is 5.41 Å². The number of esters is 1. The number of carbonyl (C=O) groups is 2. The quantitative estimate of drug-likeness (QED) is 0.503. The average molecular weight is 412 g/mol. The highest BCUT2D eigenvalue weighted by atomic mass is 16.5. The van der Waals surface area contributed by atoms with E-state index in [0.29, 0.717) is 24.2 Å². The van der Waals surface area contributed by atoms with Gasteiger partial charge < -0.3 is 14.8 Å². The van der Waals surface area contributed by atoms with E-state index >= 15 is 0 Å². The molecule has 0 aromatic heterocycles. The fourth-order valence-electron chi connectivity index (χ4n) is 4.43. The Kier molecular flexibility index (Phi) is 6.69. The number of ketones is 1. The molecule has 1 N–H and O–H groups in total. The van der Waals surface area contributed by atoms with Gasteiger partial charge >= 0.3 is 5.97 Å². The summed E-state index contributed by atoms with van der Waals surface area (Å²) in [5.41, 5.74) is 3.72. The van der Waals surface area contributed by atoms with Gasteiger partial charge in [-0.3, -0.25) is 4.79 Å². The lowest BCUT2D eigenvalue weighted by Crippen LogP contribution is -2.38. The molecule has 0 radical (unpaired) electrons. The summed E-state index contributed by atoms with van der Waals surface area (Å²) < 4.78 is 10.9. The van der Waals surface area contributed by atoms with E-state index in [1.807, 2.05) is 31.2 Å². The van der Waals surface area contributed by atoms with Gasteiger partial charge in [0.2, 0.25) is 0 Å². The Bertz CT molecular complexity index is 877. The van der Waals surface area contributed by atoms with E-state index < -0.39 is 5.92 Å². The average Bonchev–Trinajstić information content (AvgIpc) is 2.69. The summed E-state index contributed by atoms with van der Waals surface area (Å²) >= 11 is 0. The third-order valence-electron chi connectivity index (χ3n) is 5.89. The summed E-state index contributed by atoms with van der Waals surface area (Å²) in [4.78, 5) is 26.3. The Morgan fingerprint density at radius 2 is 1.87 bits per heavy atom. The highest BCUT2D eigenvalue weighted by molar-refractivity contribution is 6.04. The van der Waals surface area contributed by atoms with Crippen molar-refractivity contribution < 1.29 is 19.1 Å². The second-order valence-electron chi connectivity index (χ2n) is 9.05. The Labute approximate surface area is 179 Å². The van der Waals surface area contributed by atoms with Crippen molar-refractivity contribution in [3.63, 3.8) is 0 Å². The zero-order valence-corrected chi connectivity index (χ0v) is 18.8. The Balaban J connectivity index is 2.02. The molecule has 1 aromatic rings.